The fraction of sp³-hybridized carbons (Fsp3) is 0.520. The first-order valence-electron chi connectivity index (χ1n) is 12.7. The minimum absolute atomic E-state index is 0.0570. The molecule has 0 radical (unpaired) electrons. The van der Waals surface area contributed by atoms with Crippen molar-refractivity contribution in [2.45, 2.75) is 31.5 Å². The van der Waals surface area contributed by atoms with Crippen molar-refractivity contribution in [2.75, 3.05) is 49.2 Å². The van der Waals surface area contributed by atoms with Gasteiger partial charge in [0.1, 0.15) is 6.61 Å². The molecule has 3 fully saturated rings. The summed E-state index contributed by atoms with van der Waals surface area (Å²) in [7, 11) is 2.09. The summed E-state index contributed by atoms with van der Waals surface area (Å²) in [5.74, 6) is -2.03. The average Bonchev–Trinajstić information content (AvgIpc) is 3.44. The number of hydrogen-bond donors (Lipinski definition) is 4. The highest BCUT2D eigenvalue weighted by Gasteiger charge is 2.55. The number of piperazine rings is 1. The molecule has 6 N–H and O–H groups in total. The maximum absolute atomic E-state index is 14.3. The van der Waals surface area contributed by atoms with Crippen LogP contribution in [-0.2, 0) is 16.1 Å². The van der Waals surface area contributed by atoms with E-state index in [-0.39, 0.29) is 35.6 Å². The van der Waals surface area contributed by atoms with Crippen LogP contribution in [-0.4, -0.2) is 72.2 Å². The molecule has 38 heavy (non-hydrogen) atoms. The fourth-order valence-electron chi connectivity index (χ4n) is 6.15. The standard InChI is InChI=1S/C25H32ClFN8O3/c1-34-4-6-35(7-5-34)19-3-2-15(28)8-14(19)12-38-25(37)31-18-10-13-9-16(18)21(20(13)22(29)36)32-23-17(27)11-30-24(26)33-23/h2-3,8,11,13,16,18,20-21H,4-7,9-10,12,28H2,1H3,(H2,29,36)(H,31,37)(H,30,32,33)/t13-,16-,18-,20+,21-/m1/s1. The van der Waals surface area contributed by atoms with Crippen molar-refractivity contribution in [3.8, 4) is 0 Å². The first-order chi connectivity index (χ1) is 18.2. The number of nitrogen functional groups attached to an aromatic ring is 1. The molecule has 3 aliphatic rings. The van der Waals surface area contributed by atoms with Gasteiger partial charge in [0.15, 0.2) is 11.6 Å². The normalized spacial score (nSPS) is 26.8. The van der Waals surface area contributed by atoms with E-state index in [1.54, 1.807) is 0 Å². The second-order valence-corrected chi connectivity index (χ2v) is 10.7. The fourth-order valence-corrected chi connectivity index (χ4v) is 6.28. The number of ether oxygens (including phenoxy) is 1. The molecular formula is C25H32ClFN8O3. The SMILES string of the molecule is CN1CCN(c2ccc(N)cc2COC(=O)N[C@@H]2C[C@H]3C[C@H]2[C@@H](Nc2nc(Cl)ncc2F)[C@H]3C(N)=O)CC1. The molecule has 2 saturated carbocycles. The van der Waals surface area contributed by atoms with Crippen molar-refractivity contribution in [3.05, 3.63) is 41.1 Å². The number of nitrogens with one attached hydrogen (secondary N) is 2. The number of fused-ring (bicyclic) bond motifs is 2. The Labute approximate surface area is 225 Å². The van der Waals surface area contributed by atoms with E-state index in [1.807, 2.05) is 18.2 Å². The number of benzene rings is 1. The predicted octanol–water partition coefficient (Wildman–Crippen LogP) is 1.82. The minimum Gasteiger partial charge on any atom is -0.445 e. The van der Waals surface area contributed by atoms with Crippen LogP contribution in [0.15, 0.2) is 24.4 Å². The first-order valence-corrected chi connectivity index (χ1v) is 13.1. The molecule has 5 rings (SSSR count). The van der Waals surface area contributed by atoms with Gasteiger partial charge in [-0.1, -0.05) is 0 Å². The Morgan fingerprint density at radius 1 is 1.24 bits per heavy atom. The van der Waals surface area contributed by atoms with E-state index in [2.05, 4.69) is 37.4 Å². The Balaban J connectivity index is 1.24. The summed E-state index contributed by atoms with van der Waals surface area (Å²) in [5.41, 5.74) is 14.1. The first kappa shape index (κ1) is 26.2. The molecule has 0 unspecified atom stereocenters. The highest BCUT2D eigenvalue weighted by atomic mass is 35.5. The zero-order chi connectivity index (χ0) is 27.0. The number of amides is 2. The third kappa shape index (κ3) is 5.41. The Morgan fingerprint density at radius 3 is 2.74 bits per heavy atom. The largest absolute Gasteiger partial charge is 0.445 e. The molecule has 1 aromatic heterocycles. The van der Waals surface area contributed by atoms with Crippen LogP contribution in [0.5, 0.6) is 0 Å². The zero-order valence-electron chi connectivity index (χ0n) is 21.1. The number of likely N-dealkylation sites (N-methyl/N-ethyl adjacent to an activating group) is 1. The summed E-state index contributed by atoms with van der Waals surface area (Å²) >= 11 is 5.83. The number of rotatable bonds is 7. The van der Waals surface area contributed by atoms with Gasteiger partial charge in [-0.05, 0) is 55.6 Å². The van der Waals surface area contributed by atoms with Crippen LogP contribution in [0, 0.1) is 23.6 Å². The second kappa shape index (κ2) is 10.8. The van der Waals surface area contributed by atoms with Gasteiger partial charge in [0, 0.05) is 61.1 Å². The van der Waals surface area contributed by atoms with Gasteiger partial charge in [0.05, 0.1) is 12.1 Å². The molecule has 2 amide bonds. The van der Waals surface area contributed by atoms with E-state index < -0.39 is 29.8 Å². The van der Waals surface area contributed by atoms with Gasteiger partial charge in [-0.2, -0.15) is 4.98 Å². The summed E-state index contributed by atoms with van der Waals surface area (Å²) in [6, 6.07) is 4.85. The number of alkyl carbamates (subject to hydrolysis) is 1. The van der Waals surface area contributed by atoms with Crippen LogP contribution in [0.3, 0.4) is 0 Å². The monoisotopic (exact) mass is 546 g/mol. The summed E-state index contributed by atoms with van der Waals surface area (Å²) < 4.78 is 19.9. The summed E-state index contributed by atoms with van der Waals surface area (Å²) in [6.45, 7) is 3.70. The van der Waals surface area contributed by atoms with E-state index in [9.17, 15) is 14.0 Å². The summed E-state index contributed by atoms with van der Waals surface area (Å²) in [4.78, 5) is 37.2. The molecular weight excluding hydrogens is 515 g/mol. The number of carbonyl (C=O) groups is 2. The van der Waals surface area contributed by atoms with E-state index in [1.165, 1.54) is 0 Å². The lowest BCUT2D eigenvalue weighted by Gasteiger charge is -2.35. The Kier molecular flexibility index (Phi) is 7.44. The Bertz CT molecular complexity index is 1210. The lowest BCUT2D eigenvalue weighted by molar-refractivity contribution is -0.123. The van der Waals surface area contributed by atoms with Gasteiger partial charge < -0.3 is 36.6 Å². The molecule has 1 aliphatic heterocycles. The zero-order valence-corrected chi connectivity index (χ0v) is 21.8. The molecule has 2 bridgehead atoms. The number of primary amides is 1. The molecule has 11 nitrogen and oxygen atoms in total. The predicted molar refractivity (Wildman–Crippen MR) is 141 cm³/mol. The van der Waals surface area contributed by atoms with Gasteiger partial charge in [-0.3, -0.25) is 4.79 Å². The molecule has 0 spiro atoms. The van der Waals surface area contributed by atoms with Crippen LogP contribution in [0.1, 0.15) is 18.4 Å². The number of nitrogens with two attached hydrogens (primary N) is 2. The number of anilines is 3. The third-order valence-corrected chi connectivity index (χ3v) is 8.14. The minimum atomic E-state index is -0.692. The number of carbonyl (C=O) groups excluding carboxylic acids is 2. The van der Waals surface area contributed by atoms with E-state index in [4.69, 9.17) is 27.8 Å². The van der Waals surface area contributed by atoms with Crippen LogP contribution < -0.4 is 27.0 Å². The molecule has 1 saturated heterocycles. The number of hydrogen-bond acceptors (Lipinski definition) is 9. The highest BCUT2D eigenvalue weighted by molar-refractivity contribution is 6.28. The molecule has 204 valence electrons. The third-order valence-electron chi connectivity index (χ3n) is 7.96. The van der Waals surface area contributed by atoms with E-state index >= 15 is 0 Å². The number of aromatic nitrogens is 2. The van der Waals surface area contributed by atoms with Crippen molar-refractivity contribution in [2.24, 2.45) is 23.5 Å². The molecule has 1 aromatic carbocycles. The van der Waals surface area contributed by atoms with Crippen molar-refractivity contribution < 1.29 is 18.7 Å². The number of nitrogens with zero attached hydrogens (tertiary/aromatic N) is 4. The van der Waals surface area contributed by atoms with Crippen LogP contribution in [0.2, 0.25) is 5.28 Å². The average molecular weight is 547 g/mol. The van der Waals surface area contributed by atoms with Crippen LogP contribution >= 0.6 is 11.6 Å². The Morgan fingerprint density at radius 2 is 2.00 bits per heavy atom. The highest BCUT2D eigenvalue weighted by Crippen LogP contribution is 2.49. The van der Waals surface area contributed by atoms with Crippen molar-refractivity contribution in [3.63, 3.8) is 0 Å². The van der Waals surface area contributed by atoms with Gasteiger partial charge >= 0.3 is 6.09 Å². The summed E-state index contributed by atoms with van der Waals surface area (Å²) in [6.07, 6.45) is 1.62. The van der Waals surface area contributed by atoms with E-state index in [0.29, 0.717) is 18.5 Å². The molecule has 5 atom stereocenters. The smallest absolute Gasteiger partial charge is 0.407 e. The van der Waals surface area contributed by atoms with Crippen molar-refractivity contribution >= 4 is 40.8 Å². The molecule has 2 aliphatic carbocycles. The molecule has 2 aromatic rings. The van der Waals surface area contributed by atoms with Crippen LogP contribution in [0.25, 0.3) is 0 Å². The maximum atomic E-state index is 14.3. The van der Waals surface area contributed by atoms with E-state index in [0.717, 1.165) is 43.6 Å². The maximum Gasteiger partial charge on any atom is 0.407 e. The van der Waals surface area contributed by atoms with Crippen molar-refractivity contribution in [1.82, 2.24) is 20.2 Å². The molecule has 13 heteroatoms. The topological polar surface area (TPSA) is 152 Å². The molecule has 2 heterocycles. The Hall–Kier alpha value is -3.38. The van der Waals surface area contributed by atoms with Gasteiger partial charge in [0.2, 0.25) is 11.2 Å². The van der Waals surface area contributed by atoms with Crippen molar-refractivity contribution in [1.29, 1.82) is 0 Å². The van der Waals surface area contributed by atoms with Gasteiger partial charge in [-0.25, -0.2) is 14.2 Å². The van der Waals surface area contributed by atoms with Gasteiger partial charge in [-0.15, -0.1) is 0 Å². The summed E-state index contributed by atoms with van der Waals surface area (Å²) in [5, 5.41) is 5.82. The second-order valence-electron chi connectivity index (χ2n) is 10.3. The number of halogens is 2. The lowest BCUT2D eigenvalue weighted by Crippen LogP contribution is -2.51. The van der Waals surface area contributed by atoms with Gasteiger partial charge in [0.25, 0.3) is 0 Å². The van der Waals surface area contributed by atoms with Crippen LogP contribution in [0.4, 0.5) is 26.4 Å². The lowest BCUT2D eigenvalue weighted by atomic mass is 9.81. The quantitative estimate of drug-likeness (QED) is 0.301.